The van der Waals surface area contributed by atoms with E-state index in [2.05, 4.69) is 0 Å². The fourth-order valence-corrected chi connectivity index (χ4v) is 2.25. The van der Waals surface area contributed by atoms with E-state index in [1.54, 1.807) is 11.9 Å². The minimum absolute atomic E-state index is 0.00857. The molecule has 0 unspecified atom stereocenters. The van der Waals surface area contributed by atoms with E-state index in [-0.39, 0.29) is 12.3 Å². The summed E-state index contributed by atoms with van der Waals surface area (Å²) in [4.78, 5) is 24.1. The Labute approximate surface area is 118 Å². The van der Waals surface area contributed by atoms with E-state index in [4.69, 9.17) is 9.84 Å². The van der Waals surface area contributed by atoms with Gasteiger partial charge >= 0.3 is 5.97 Å². The van der Waals surface area contributed by atoms with Gasteiger partial charge in [0, 0.05) is 26.4 Å². The summed E-state index contributed by atoms with van der Waals surface area (Å²) in [5.41, 5.74) is 2.13. The van der Waals surface area contributed by atoms with E-state index in [9.17, 15) is 9.59 Å². The van der Waals surface area contributed by atoms with Gasteiger partial charge in [0.25, 0.3) is 0 Å². The number of carbonyl (C=O) groups is 2. The number of aliphatic carboxylic acids is 1. The fourth-order valence-electron chi connectivity index (χ4n) is 2.25. The van der Waals surface area contributed by atoms with Gasteiger partial charge in [-0.1, -0.05) is 12.1 Å². The zero-order valence-electron chi connectivity index (χ0n) is 11.6. The van der Waals surface area contributed by atoms with Crippen LogP contribution in [0.4, 0.5) is 0 Å². The molecule has 1 aliphatic heterocycles. The van der Waals surface area contributed by atoms with Crippen LogP contribution in [-0.2, 0) is 22.4 Å². The number of carboxylic acid groups (broad SMARTS) is 1. The van der Waals surface area contributed by atoms with E-state index in [1.807, 2.05) is 18.2 Å². The second-order valence-electron chi connectivity index (χ2n) is 5.03. The second-order valence-corrected chi connectivity index (χ2v) is 5.03. The first-order valence-electron chi connectivity index (χ1n) is 6.76. The van der Waals surface area contributed by atoms with Crippen LogP contribution in [0.25, 0.3) is 0 Å². The number of nitrogens with zero attached hydrogens (tertiary/aromatic N) is 1. The van der Waals surface area contributed by atoms with Crippen molar-refractivity contribution >= 4 is 11.9 Å². The van der Waals surface area contributed by atoms with Crippen LogP contribution in [0.15, 0.2) is 18.2 Å². The molecule has 0 spiro atoms. The van der Waals surface area contributed by atoms with Gasteiger partial charge in [-0.25, -0.2) is 0 Å². The van der Waals surface area contributed by atoms with Crippen LogP contribution in [-0.4, -0.2) is 42.1 Å². The largest absolute Gasteiger partial charge is 0.493 e. The molecule has 0 saturated heterocycles. The lowest BCUT2D eigenvalue weighted by atomic mass is 10.1. The second kappa shape index (κ2) is 6.41. The van der Waals surface area contributed by atoms with Crippen molar-refractivity contribution in [2.45, 2.75) is 25.7 Å². The lowest BCUT2D eigenvalue weighted by Gasteiger charge is -2.16. The van der Waals surface area contributed by atoms with Gasteiger partial charge in [0.2, 0.25) is 5.91 Å². The predicted molar refractivity (Wildman–Crippen MR) is 73.9 cm³/mol. The summed E-state index contributed by atoms with van der Waals surface area (Å²) in [6.45, 7) is 1.18. The summed E-state index contributed by atoms with van der Waals surface area (Å²) in [5.74, 6) is 0.0923. The number of likely N-dealkylation sites (N-methyl/N-ethyl adjacent to an activating group) is 1. The number of ether oxygens (including phenoxy) is 1. The molecule has 5 heteroatoms. The van der Waals surface area contributed by atoms with E-state index in [1.165, 1.54) is 0 Å². The molecule has 1 aromatic rings. The third-order valence-electron chi connectivity index (χ3n) is 3.42. The first-order chi connectivity index (χ1) is 9.56. The van der Waals surface area contributed by atoms with Gasteiger partial charge in [0.1, 0.15) is 5.75 Å². The Morgan fingerprint density at radius 2 is 2.20 bits per heavy atom. The quantitative estimate of drug-likeness (QED) is 0.855. The van der Waals surface area contributed by atoms with Crippen LogP contribution in [0.3, 0.4) is 0 Å². The van der Waals surface area contributed by atoms with Crippen molar-refractivity contribution < 1.29 is 19.4 Å². The van der Waals surface area contributed by atoms with Crippen LogP contribution >= 0.6 is 0 Å². The third-order valence-corrected chi connectivity index (χ3v) is 3.42. The summed E-state index contributed by atoms with van der Waals surface area (Å²) in [6, 6.07) is 5.84. The SMILES string of the molecule is CN(CCCC(=O)O)C(=O)Cc1ccc2c(c1)CCO2. The molecule has 5 nitrogen and oxygen atoms in total. The Balaban J connectivity index is 1.86. The molecule has 108 valence electrons. The van der Waals surface area contributed by atoms with Crippen molar-refractivity contribution in [3.63, 3.8) is 0 Å². The first kappa shape index (κ1) is 14.4. The number of benzene rings is 1. The summed E-state index contributed by atoms with van der Waals surface area (Å²) in [6.07, 6.45) is 1.81. The lowest BCUT2D eigenvalue weighted by molar-refractivity contribution is -0.138. The molecule has 0 bridgehead atoms. The van der Waals surface area contributed by atoms with Crippen molar-refractivity contribution in [1.29, 1.82) is 0 Å². The highest BCUT2D eigenvalue weighted by molar-refractivity contribution is 5.78. The van der Waals surface area contributed by atoms with E-state index in [0.29, 0.717) is 26.0 Å². The smallest absolute Gasteiger partial charge is 0.303 e. The van der Waals surface area contributed by atoms with Crippen LogP contribution in [0.1, 0.15) is 24.0 Å². The molecule has 0 radical (unpaired) electrons. The van der Waals surface area contributed by atoms with Crippen LogP contribution in [0.5, 0.6) is 5.75 Å². The Morgan fingerprint density at radius 3 is 2.95 bits per heavy atom. The maximum Gasteiger partial charge on any atom is 0.303 e. The number of fused-ring (bicyclic) bond motifs is 1. The summed E-state index contributed by atoms with van der Waals surface area (Å²) < 4.78 is 5.43. The van der Waals surface area contributed by atoms with Gasteiger partial charge in [-0.15, -0.1) is 0 Å². The molecule has 20 heavy (non-hydrogen) atoms. The highest BCUT2D eigenvalue weighted by Crippen LogP contribution is 2.26. The third kappa shape index (κ3) is 3.73. The number of carboxylic acids is 1. The van der Waals surface area contributed by atoms with Gasteiger partial charge in [-0.2, -0.15) is 0 Å². The molecule has 0 aliphatic carbocycles. The molecule has 0 saturated carbocycles. The minimum atomic E-state index is -0.829. The van der Waals surface area contributed by atoms with E-state index in [0.717, 1.165) is 23.3 Å². The van der Waals surface area contributed by atoms with Crippen LogP contribution in [0.2, 0.25) is 0 Å². The summed E-state index contributed by atoms with van der Waals surface area (Å²) >= 11 is 0. The van der Waals surface area contributed by atoms with E-state index < -0.39 is 5.97 Å². The Kier molecular flexibility index (Phi) is 4.61. The molecule has 1 aliphatic rings. The molecular formula is C15H19NO4. The zero-order chi connectivity index (χ0) is 14.5. The molecule has 1 heterocycles. The van der Waals surface area contributed by atoms with Gasteiger partial charge in [0.15, 0.2) is 0 Å². The normalized spacial score (nSPS) is 12.7. The zero-order valence-corrected chi connectivity index (χ0v) is 11.6. The maximum absolute atomic E-state index is 12.0. The molecule has 0 atom stereocenters. The Hall–Kier alpha value is -2.04. The number of rotatable bonds is 6. The van der Waals surface area contributed by atoms with Crippen molar-refractivity contribution in [1.82, 2.24) is 4.90 Å². The Bertz CT molecular complexity index is 513. The number of amides is 1. The predicted octanol–water partition coefficient (Wildman–Crippen LogP) is 1.49. The molecule has 1 aromatic carbocycles. The maximum atomic E-state index is 12.0. The highest BCUT2D eigenvalue weighted by atomic mass is 16.5. The van der Waals surface area contributed by atoms with Crippen molar-refractivity contribution in [3.05, 3.63) is 29.3 Å². The molecule has 1 N–H and O–H groups in total. The average Bonchev–Trinajstić information content (AvgIpc) is 2.85. The van der Waals surface area contributed by atoms with Gasteiger partial charge in [0.05, 0.1) is 13.0 Å². The van der Waals surface area contributed by atoms with Gasteiger partial charge in [-0.3, -0.25) is 9.59 Å². The van der Waals surface area contributed by atoms with Crippen molar-refractivity contribution in [2.75, 3.05) is 20.2 Å². The molecule has 2 rings (SSSR count). The van der Waals surface area contributed by atoms with E-state index >= 15 is 0 Å². The molecule has 1 amide bonds. The van der Waals surface area contributed by atoms with Crippen molar-refractivity contribution in [3.8, 4) is 5.75 Å². The van der Waals surface area contributed by atoms with Crippen LogP contribution < -0.4 is 4.74 Å². The fraction of sp³-hybridized carbons (Fsp3) is 0.467. The number of hydrogen-bond donors (Lipinski definition) is 1. The molecule has 0 fully saturated rings. The standard InChI is InChI=1S/C15H19NO4/c1-16(7-2-3-15(18)19)14(17)10-11-4-5-13-12(9-11)6-8-20-13/h4-5,9H,2-3,6-8,10H2,1H3,(H,18,19). The average molecular weight is 277 g/mol. The number of hydrogen-bond acceptors (Lipinski definition) is 3. The van der Waals surface area contributed by atoms with Crippen LogP contribution in [0, 0.1) is 0 Å². The van der Waals surface area contributed by atoms with Gasteiger partial charge < -0.3 is 14.7 Å². The molecule has 0 aromatic heterocycles. The minimum Gasteiger partial charge on any atom is -0.493 e. The highest BCUT2D eigenvalue weighted by Gasteiger charge is 2.15. The van der Waals surface area contributed by atoms with Gasteiger partial charge in [-0.05, 0) is 23.6 Å². The summed E-state index contributed by atoms with van der Waals surface area (Å²) in [5, 5.41) is 8.57. The summed E-state index contributed by atoms with van der Waals surface area (Å²) in [7, 11) is 1.71. The Morgan fingerprint density at radius 1 is 1.40 bits per heavy atom. The lowest BCUT2D eigenvalue weighted by Crippen LogP contribution is -2.29. The first-order valence-corrected chi connectivity index (χ1v) is 6.76. The number of carbonyl (C=O) groups excluding carboxylic acids is 1. The topological polar surface area (TPSA) is 66.8 Å². The molecular weight excluding hydrogens is 258 g/mol. The van der Waals surface area contributed by atoms with Crippen molar-refractivity contribution in [2.24, 2.45) is 0 Å². The monoisotopic (exact) mass is 277 g/mol.